The Hall–Kier alpha value is -2.70. The fourth-order valence-electron chi connectivity index (χ4n) is 3.18. The second-order valence-corrected chi connectivity index (χ2v) is 7.06. The minimum absolute atomic E-state index is 0.0527. The second-order valence-electron chi connectivity index (χ2n) is 7.06. The number of amides is 2. The van der Waals surface area contributed by atoms with Crippen LogP contribution in [0, 0.1) is 6.92 Å². The molecule has 1 fully saturated rings. The summed E-state index contributed by atoms with van der Waals surface area (Å²) >= 11 is 0. The van der Waals surface area contributed by atoms with Crippen LogP contribution in [0.2, 0.25) is 0 Å². The van der Waals surface area contributed by atoms with Crippen molar-refractivity contribution in [1.82, 2.24) is 20.0 Å². The minimum atomic E-state index is -0.589. The van der Waals surface area contributed by atoms with Crippen LogP contribution in [-0.4, -0.2) is 58.0 Å². The molecule has 2 amide bonds. The highest BCUT2D eigenvalue weighted by molar-refractivity contribution is 5.87. The SMILES string of the molecule is Cc1nnc(CC(=O)N2CCN(C(=O)C(C)(C)c3ccccc3)CC2)o1. The van der Waals surface area contributed by atoms with Crippen molar-refractivity contribution < 1.29 is 14.0 Å². The molecular formula is C19H24N4O3. The number of nitrogens with zero attached hydrogens (tertiary/aromatic N) is 4. The number of aromatic nitrogens is 2. The van der Waals surface area contributed by atoms with Crippen LogP contribution in [0.3, 0.4) is 0 Å². The zero-order valence-electron chi connectivity index (χ0n) is 15.4. The normalized spacial score (nSPS) is 15.2. The average molecular weight is 356 g/mol. The highest BCUT2D eigenvalue weighted by Gasteiger charge is 2.35. The van der Waals surface area contributed by atoms with Crippen LogP contribution in [0.1, 0.15) is 31.2 Å². The summed E-state index contributed by atoms with van der Waals surface area (Å²) in [4.78, 5) is 28.9. The van der Waals surface area contributed by atoms with Crippen molar-refractivity contribution in [2.75, 3.05) is 26.2 Å². The zero-order chi connectivity index (χ0) is 18.7. The third-order valence-corrected chi connectivity index (χ3v) is 4.82. The first-order valence-corrected chi connectivity index (χ1v) is 8.79. The van der Waals surface area contributed by atoms with Crippen molar-refractivity contribution in [3.05, 3.63) is 47.7 Å². The molecule has 1 aromatic carbocycles. The Balaban J connectivity index is 1.57. The number of rotatable bonds is 4. The van der Waals surface area contributed by atoms with Crippen LogP contribution in [0.5, 0.6) is 0 Å². The van der Waals surface area contributed by atoms with Gasteiger partial charge >= 0.3 is 0 Å². The van der Waals surface area contributed by atoms with E-state index in [9.17, 15) is 9.59 Å². The topological polar surface area (TPSA) is 79.5 Å². The predicted molar refractivity (Wildman–Crippen MR) is 95.4 cm³/mol. The minimum Gasteiger partial charge on any atom is -0.425 e. The summed E-state index contributed by atoms with van der Waals surface area (Å²) in [6.45, 7) is 7.68. The van der Waals surface area contributed by atoms with Gasteiger partial charge in [0, 0.05) is 33.1 Å². The van der Waals surface area contributed by atoms with E-state index in [4.69, 9.17) is 4.42 Å². The lowest BCUT2D eigenvalue weighted by Gasteiger charge is -2.38. The van der Waals surface area contributed by atoms with E-state index in [1.54, 1.807) is 11.8 Å². The first-order valence-electron chi connectivity index (χ1n) is 8.79. The van der Waals surface area contributed by atoms with Crippen LogP contribution in [0.15, 0.2) is 34.7 Å². The predicted octanol–water partition coefficient (Wildman–Crippen LogP) is 1.57. The summed E-state index contributed by atoms with van der Waals surface area (Å²) in [5.74, 6) is 0.814. The number of benzene rings is 1. The maximum atomic E-state index is 13.0. The van der Waals surface area contributed by atoms with Gasteiger partial charge < -0.3 is 14.2 Å². The first-order chi connectivity index (χ1) is 12.4. The van der Waals surface area contributed by atoms with E-state index in [2.05, 4.69) is 10.2 Å². The molecule has 1 aliphatic rings. The van der Waals surface area contributed by atoms with Gasteiger partial charge in [0.1, 0.15) is 6.42 Å². The molecule has 1 aromatic heterocycles. The Labute approximate surface area is 153 Å². The monoisotopic (exact) mass is 356 g/mol. The molecule has 0 atom stereocenters. The van der Waals surface area contributed by atoms with E-state index in [1.807, 2.05) is 49.1 Å². The summed E-state index contributed by atoms with van der Waals surface area (Å²) in [7, 11) is 0. The van der Waals surface area contributed by atoms with Crippen LogP contribution in [0.4, 0.5) is 0 Å². The summed E-state index contributed by atoms with van der Waals surface area (Å²) in [5.41, 5.74) is 0.407. The Morgan fingerprint density at radius 3 is 2.23 bits per heavy atom. The Bertz CT molecular complexity index is 777. The van der Waals surface area contributed by atoms with Crippen molar-refractivity contribution >= 4 is 11.8 Å². The Kier molecular flexibility index (Phi) is 5.06. The van der Waals surface area contributed by atoms with Gasteiger partial charge in [0.05, 0.1) is 5.41 Å². The molecule has 0 saturated carbocycles. The molecule has 1 saturated heterocycles. The van der Waals surface area contributed by atoms with E-state index in [0.717, 1.165) is 5.56 Å². The molecule has 2 aromatic rings. The van der Waals surface area contributed by atoms with Gasteiger partial charge in [-0.3, -0.25) is 9.59 Å². The van der Waals surface area contributed by atoms with Crippen LogP contribution in [-0.2, 0) is 21.4 Å². The lowest BCUT2D eigenvalue weighted by atomic mass is 9.83. The van der Waals surface area contributed by atoms with Crippen molar-refractivity contribution in [2.24, 2.45) is 0 Å². The largest absolute Gasteiger partial charge is 0.425 e. The molecule has 1 aliphatic heterocycles. The molecule has 7 nitrogen and oxygen atoms in total. The van der Waals surface area contributed by atoms with Gasteiger partial charge in [-0.2, -0.15) is 0 Å². The zero-order valence-corrected chi connectivity index (χ0v) is 15.4. The van der Waals surface area contributed by atoms with E-state index in [-0.39, 0.29) is 18.2 Å². The number of hydrogen-bond acceptors (Lipinski definition) is 5. The molecule has 2 heterocycles. The molecule has 138 valence electrons. The Morgan fingerprint density at radius 1 is 1.04 bits per heavy atom. The molecule has 3 rings (SSSR count). The van der Waals surface area contributed by atoms with Gasteiger partial charge in [-0.05, 0) is 19.4 Å². The molecule has 0 radical (unpaired) electrons. The summed E-state index contributed by atoms with van der Waals surface area (Å²) in [5, 5.41) is 7.60. The number of carbonyl (C=O) groups excluding carboxylic acids is 2. The van der Waals surface area contributed by atoms with E-state index in [1.165, 1.54) is 0 Å². The smallest absolute Gasteiger partial charge is 0.232 e. The van der Waals surface area contributed by atoms with E-state index >= 15 is 0 Å². The highest BCUT2D eigenvalue weighted by Crippen LogP contribution is 2.26. The molecule has 0 aliphatic carbocycles. The van der Waals surface area contributed by atoms with Gasteiger partial charge in [-0.15, -0.1) is 10.2 Å². The van der Waals surface area contributed by atoms with Crippen LogP contribution < -0.4 is 0 Å². The Morgan fingerprint density at radius 2 is 1.65 bits per heavy atom. The maximum Gasteiger partial charge on any atom is 0.232 e. The summed E-state index contributed by atoms with van der Waals surface area (Å²) in [6.07, 6.45) is 0.101. The second kappa shape index (κ2) is 7.27. The van der Waals surface area contributed by atoms with Gasteiger partial charge in [0.25, 0.3) is 0 Å². The fraction of sp³-hybridized carbons (Fsp3) is 0.474. The lowest BCUT2D eigenvalue weighted by Crippen LogP contribution is -2.54. The lowest BCUT2D eigenvalue weighted by molar-refractivity contribution is -0.142. The quantitative estimate of drug-likeness (QED) is 0.831. The average Bonchev–Trinajstić information content (AvgIpc) is 3.06. The fourth-order valence-corrected chi connectivity index (χ4v) is 3.18. The van der Waals surface area contributed by atoms with E-state index < -0.39 is 5.41 Å². The van der Waals surface area contributed by atoms with Gasteiger partial charge in [-0.1, -0.05) is 30.3 Å². The van der Waals surface area contributed by atoms with Crippen molar-refractivity contribution in [3.8, 4) is 0 Å². The van der Waals surface area contributed by atoms with Crippen molar-refractivity contribution in [2.45, 2.75) is 32.6 Å². The number of carbonyl (C=O) groups is 2. The molecule has 0 unspecified atom stereocenters. The van der Waals surface area contributed by atoms with Crippen molar-refractivity contribution in [3.63, 3.8) is 0 Å². The van der Waals surface area contributed by atoms with Crippen LogP contribution in [0.25, 0.3) is 0 Å². The first kappa shape index (κ1) is 18.1. The number of hydrogen-bond donors (Lipinski definition) is 0. The third kappa shape index (κ3) is 3.76. The highest BCUT2D eigenvalue weighted by atomic mass is 16.4. The number of aryl methyl sites for hydroxylation is 1. The maximum absolute atomic E-state index is 13.0. The van der Waals surface area contributed by atoms with Gasteiger partial charge in [0.15, 0.2) is 0 Å². The van der Waals surface area contributed by atoms with Gasteiger partial charge in [0.2, 0.25) is 23.6 Å². The molecule has 0 spiro atoms. The third-order valence-electron chi connectivity index (χ3n) is 4.82. The molecule has 26 heavy (non-hydrogen) atoms. The molecular weight excluding hydrogens is 332 g/mol. The van der Waals surface area contributed by atoms with Crippen LogP contribution >= 0.6 is 0 Å². The summed E-state index contributed by atoms with van der Waals surface area (Å²) < 4.78 is 5.26. The van der Waals surface area contributed by atoms with Gasteiger partial charge in [-0.25, -0.2) is 0 Å². The van der Waals surface area contributed by atoms with Crippen molar-refractivity contribution in [1.29, 1.82) is 0 Å². The molecule has 0 N–H and O–H groups in total. The number of piperazine rings is 1. The summed E-state index contributed by atoms with van der Waals surface area (Å²) in [6, 6.07) is 9.79. The molecule has 7 heteroatoms. The standard InChI is InChI=1S/C19H24N4O3/c1-14-20-21-16(26-14)13-17(24)22-9-11-23(12-10-22)18(25)19(2,3)15-7-5-4-6-8-15/h4-8H,9-13H2,1-3H3. The molecule has 0 bridgehead atoms. The van der Waals surface area contributed by atoms with E-state index in [0.29, 0.717) is 38.0 Å².